The Bertz CT molecular complexity index is 945. The second kappa shape index (κ2) is 6.87. The number of ether oxygens (including phenoxy) is 2. The van der Waals surface area contributed by atoms with Gasteiger partial charge in [0.2, 0.25) is 5.95 Å². The molecule has 2 N–H and O–H groups in total. The van der Waals surface area contributed by atoms with Gasteiger partial charge in [-0.3, -0.25) is 0 Å². The average Bonchev–Trinajstić information content (AvgIpc) is 2.64. The highest BCUT2D eigenvalue weighted by molar-refractivity contribution is 5.63. The van der Waals surface area contributed by atoms with Crippen molar-refractivity contribution in [1.29, 1.82) is 0 Å². The molecule has 2 heterocycles. The lowest BCUT2D eigenvalue weighted by atomic mass is 10.1. The van der Waals surface area contributed by atoms with Gasteiger partial charge in [0.1, 0.15) is 13.2 Å². The number of nitrogens with one attached hydrogen (secondary N) is 2. The number of fused-ring (bicyclic) bond motifs is 1. The Morgan fingerprint density at radius 3 is 2.62 bits per heavy atom. The summed E-state index contributed by atoms with van der Waals surface area (Å²) in [5, 5.41) is 14.5. The summed E-state index contributed by atoms with van der Waals surface area (Å²) in [6, 6.07) is 11.8. The summed E-state index contributed by atoms with van der Waals surface area (Å²) < 4.78 is 11.1. The Kier molecular flexibility index (Phi) is 4.27. The summed E-state index contributed by atoms with van der Waals surface area (Å²) in [6.07, 6.45) is 1.59. The van der Waals surface area contributed by atoms with Gasteiger partial charge in [0.25, 0.3) is 0 Å². The Morgan fingerprint density at radius 2 is 1.77 bits per heavy atom. The first-order chi connectivity index (χ1) is 12.7. The first-order valence-electron chi connectivity index (χ1n) is 8.38. The quantitative estimate of drug-likeness (QED) is 0.742. The van der Waals surface area contributed by atoms with Crippen LogP contribution < -0.4 is 20.1 Å². The van der Waals surface area contributed by atoms with Crippen LogP contribution in [0.5, 0.6) is 11.5 Å². The molecule has 0 fully saturated rings. The van der Waals surface area contributed by atoms with Crippen LogP contribution in [-0.2, 0) is 0 Å². The van der Waals surface area contributed by atoms with Crippen LogP contribution in [0, 0.1) is 13.8 Å². The van der Waals surface area contributed by atoms with E-state index in [4.69, 9.17) is 9.47 Å². The van der Waals surface area contributed by atoms with E-state index in [-0.39, 0.29) is 0 Å². The van der Waals surface area contributed by atoms with Gasteiger partial charge in [-0.05, 0) is 37.6 Å². The van der Waals surface area contributed by atoms with Gasteiger partial charge >= 0.3 is 0 Å². The Hall–Kier alpha value is -3.35. The van der Waals surface area contributed by atoms with Crippen molar-refractivity contribution < 1.29 is 9.47 Å². The fourth-order valence-corrected chi connectivity index (χ4v) is 2.76. The molecule has 26 heavy (non-hydrogen) atoms. The predicted molar refractivity (Wildman–Crippen MR) is 99.7 cm³/mol. The van der Waals surface area contributed by atoms with E-state index >= 15 is 0 Å². The molecule has 7 nitrogen and oxygen atoms in total. The molecule has 0 aliphatic carbocycles. The van der Waals surface area contributed by atoms with Gasteiger partial charge in [-0.25, -0.2) is 0 Å². The SMILES string of the molecule is Cc1ccc(Nc2cnnc(Nc3ccc4c(c3)OCCO4)n2)c(C)c1. The molecule has 1 aliphatic rings. The van der Waals surface area contributed by atoms with E-state index in [9.17, 15) is 0 Å². The first kappa shape index (κ1) is 16.1. The largest absolute Gasteiger partial charge is 0.486 e. The monoisotopic (exact) mass is 349 g/mol. The third-order valence-corrected chi connectivity index (χ3v) is 4.00. The predicted octanol–water partition coefficient (Wildman–Crippen LogP) is 3.75. The molecule has 0 bridgehead atoms. The molecule has 0 radical (unpaired) electrons. The van der Waals surface area contributed by atoms with Gasteiger partial charge in [0.05, 0.1) is 6.20 Å². The Morgan fingerprint density at radius 1 is 0.923 bits per heavy atom. The Labute approximate surface area is 151 Å². The van der Waals surface area contributed by atoms with E-state index in [0.29, 0.717) is 30.7 Å². The van der Waals surface area contributed by atoms with Crippen LogP contribution in [0.3, 0.4) is 0 Å². The maximum atomic E-state index is 5.59. The maximum Gasteiger partial charge on any atom is 0.249 e. The second-order valence-electron chi connectivity index (χ2n) is 6.09. The van der Waals surface area contributed by atoms with Crippen LogP contribution in [0.4, 0.5) is 23.1 Å². The molecule has 3 aromatic rings. The fraction of sp³-hybridized carbons (Fsp3) is 0.211. The molecule has 0 spiro atoms. The van der Waals surface area contributed by atoms with Crippen LogP contribution in [0.15, 0.2) is 42.6 Å². The summed E-state index contributed by atoms with van der Waals surface area (Å²) >= 11 is 0. The van der Waals surface area contributed by atoms with E-state index in [1.807, 2.05) is 24.3 Å². The molecule has 0 atom stereocenters. The number of anilines is 4. The van der Waals surface area contributed by atoms with Crippen molar-refractivity contribution in [1.82, 2.24) is 15.2 Å². The summed E-state index contributed by atoms with van der Waals surface area (Å²) in [5.41, 5.74) is 4.15. The molecule has 0 amide bonds. The number of benzene rings is 2. The molecule has 132 valence electrons. The zero-order valence-corrected chi connectivity index (χ0v) is 14.6. The van der Waals surface area contributed by atoms with Gasteiger partial charge in [0, 0.05) is 17.4 Å². The third-order valence-electron chi connectivity index (χ3n) is 4.00. The van der Waals surface area contributed by atoms with Crippen LogP contribution in [0.1, 0.15) is 11.1 Å². The highest BCUT2D eigenvalue weighted by atomic mass is 16.6. The molecule has 1 aliphatic heterocycles. The van der Waals surface area contributed by atoms with Crippen molar-refractivity contribution in [2.24, 2.45) is 0 Å². The van der Waals surface area contributed by atoms with Crippen molar-refractivity contribution in [3.05, 3.63) is 53.7 Å². The lowest BCUT2D eigenvalue weighted by Crippen LogP contribution is -2.15. The molecule has 0 saturated heterocycles. The van der Waals surface area contributed by atoms with Crippen LogP contribution in [-0.4, -0.2) is 28.4 Å². The number of hydrogen-bond acceptors (Lipinski definition) is 7. The van der Waals surface area contributed by atoms with E-state index < -0.39 is 0 Å². The molecule has 0 unspecified atom stereocenters. The lowest BCUT2D eigenvalue weighted by molar-refractivity contribution is 0.171. The topological polar surface area (TPSA) is 81.2 Å². The minimum absolute atomic E-state index is 0.399. The van der Waals surface area contributed by atoms with Crippen molar-refractivity contribution in [3.63, 3.8) is 0 Å². The minimum Gasteiger partial charge on any atom is -0.486 e. The number of rotatable bonds is 4. The highest BCUT2D eigenvalue weighted by Crippen LogP contribution is 2.33. The lowest BCUT2D eigenvalue weighted by Gasteiger charge is -2.19. The highest BCUT2D eigenvalue weighted by Gasteiger charge is 2.12. The van der Waals surface area contributed by atoms with E-state index in [1.54, 1.807) is 6.20 Å². The normalized spacial score (nSPS) is 12.5. The Balaban J connectivity index is 1.52. The first-order valence-corrected chi connectivity index (χ1v) is 8.38. The van der Waals surface area contributed by atoms with Crippen LogP contribution in [0.25, 0.3) is 0 Å². The molecule has 0 saturated carbocycles. The van der Waals surface area contributed by atoms with E-state index in [1.165, 1.54) is 5.56 Å². The van der Waals surface area contributed by atoms with Crippen molar-refractivity contribution in [2.75, 3.05) is 23.8 Å². The number of aryl methyl sites for hydroxylation is 2. The summed E-state index contributed by atoms with van der Waals surface area (Å²) in [7, 11) is 0. The summed E-state index contributed by atoms with van der Waals surface area (Å²) in [4.78, 5) is 4.47. The number of hydrogen-bond donors (Lipinski definition) is 2. The minimum atomic E-state index is 0.399. The van der Waals surface area contributed by atoms with Crippen LogP contribution >= 0.6 is 0 Å². The van der Waals surface area contributed by atoms with E-state index in [2.05, 4.69) is 51.8 Å². The van der Waals surface area contributed by atoms with Crippen molar-refractivity contribution >= 4 is 23.1 Å². The zero-order valence-electron chi connectivity index (χ0n) is 14.6. The van der Waals surface area contributed by atoms with Crippen LogP contribution in [0.2, 0.25) is 0 Å². The summed E-state index contributed by atoms with van der Waals surface area (Å²) in [6.45, 7) is 5.24. The van der Waals surface area contributed by atoms with E-state index in [0.717, 1.165) is 22.7 Å². The van der Waals surface area contributed by atoms with Gasteiger partial charge in [0.15, 0.2) is 17.3 Å². The third kappa shape index (κ3) is 3.51. The van der Waals surface area contributed by atoms with Gasteiger partial charge in [-0.2, -0.15) is 10.1 Å². The smallest absolute Gasteiger partial charge is 0.249 e. The fourth-order valence-electron chi connectivity index (χ4n) is 2.76. The van der Waals surface area contributed by atoms with Gasteiger partial charge in [-0.15, -0.1) is 5.10 Å². The van der Waals surface area contributed by atoms with Gasteiger partial charge in [-0.1, -0.05) is 17.7 Å². The zero-order chi connectivity index (χ0) is 17.9. The number of nitrogens with zero attached hydrogens (tertiary/aromatic N) is 3. The molecular formula is C19H19N5O2. The molecule has 2 aromatic carbocycles. The average molecular weight is 349 g/mol. The second-order valence-corrected chi connectivity index (χ2v) is 6.09. The molecular weight excluding hydrogens is 330 g/mol. The standard InChI is InChI=1S/C19H19N5O2/c1-12-3-5-15(13(2)9-12)22-18-11-20-24-19(23-18)21-14-4-6-16-17(10-14)26-8-7-25-16/h3-6,9-11H,7-8H2,1-2H3,(H2,21,22,23,24). The van der Waals surface area contributed by atoms with Crippen molar-refractivity contribution in [2.45, 2.75) is 13.8 Å². The summed E-state index contributed by atoms with van der Waals surface area (Å²) in [5.74, 6) is 2.47. The van der Waals surface area contributed by atoms with Crippen molar-refractivity contribution in [3.8, 4) is 11.5 Å². The number of aromatic nitrogens is 3. The van der Waals surface area contributed by atoms with Gasteiger partial charge < -0.3 is 20.1 Å². The maximum absolute atomic E-state index is 5.59. The molecule has 7 heteroatoms. The molecule has 1 aromatic heterocycles. The molecule has 4 rings (SSSR count).